The fourth-order valence-corrected chi connectivity index (χ4v) is 2.19. The molecule has 0 atom stereocenters. The summed E-state index contributed by atoms with van der Waals surface area (Å²) >= 11 is 11.3. The fourth-order valence-electron chi connectivity index (χ4n) is 0.724. The van der Waals surface area contributed by atoms with Gasteiger partial charge in [-0.05, 0) is 56.2 Å². The third-order valence-corrected chi connectivity index (χ3v) is 3.99. The summed E-state index contributed by atoms with van der Waals surface area (Å²) in [4.78, 5) is 0. The van der Waals surface area contributed by atoms with Crippen LogP contribution in [0.25, 0.3) is 0 Å². The lowest BCUT2D eigenvalue weighted by Gasteiger charge is -2.03. The van der Waals surface area contributed by atoms with E-state index in [1.54, 1.807) is 6.07 Å². The summed E-state index contributed by atoms with van der Waals surface area (Å²) in [5, 5.41) is 9.53. The van der Waals surface area contributed by atoms with Crippen LogP contribution in [0.3, 0.4) is 0 Å². The third-order valence-electron chi connectivity index (χ3n) is 1.24. The van der Waals surface area contributed by atoms with Crippen LogP contribution in [-0.2, 0) is 6.61 Å². The molecule has 1 rings (SSSR count). The topological polar surface area (TPSA) is 20.2 Å². The maximum atomic E-state index is 8.88. The summed E-state index contributed by atoms with van der Waals surface area (Å²) in [6.45, 7) is 0.0111. The zero-order valence-corrected chi connectivity index (χ0v) is 9.94. The van der Waals surface area contributed by atoms with Crippen molar-refractivity contribution in [3.63, 3.8) is 0 Å². The summed E-state index contributed by atoms with van der Waals surface area (Å²) in [6.07, 6.45) is 0. The van der Waals surface area contributed by atoms with Crippen LogP contribution < -0.4 is 0 Å². The molecule has 0 amide bonds. The lowest BCUT2D eigenvalue weighted by atomic mass is 10.2. The van der Waals surface area contributed by atoms with Gasteiger partial charge in [0, 0.05) is 13.1 Å². The van der Waals surface area contributed by atoms with Gasteiger partial charge in [-0.1, -0.05) is 11.6 Å². The lowest BCUT2D eigenvalue weighted by molar-refractivity contribution is 0.281. The molecule has 0 aromatic heterocycles. The molecular formula is C7H5BrClIO. The van der Waals surface area contributed by atoms with Crippen molar-refractivity contribution in [1.82, 2.24) is 0 Å². The quantitative estimate of drug-likeness (QED) is 0.611. The first kappa shape index (κ1) is 9.77. The van der Waals surface area contributed by atoms with E-state index >= 15 is 0 Å². The van der Waals surface area contributed by atoms with Crippen LogP contribution in [0.5, 0.6) is 0 Å². The maximum Gasteiger partial charge on any atom is 0.0693 e. The minimum Gasteiger partial charge on any atom is -0.392 e. The average molecular weight is 347 g/mol. The molecule has 4 heteroatoms. The van der Waals surface area contributed by atoms with Crippen molar-refractivity contribution in [2.75, 3.05) is 0 Å². The highest BCUT2D eigenvalue weighted by molar-refractivity contribution is 14.1. The third kappa shape index (κ3) is 2.31. The summed E-state index contributed by atoms with van der Waals surface area (Å²) in [5.41, 5.74) is 0.821. The van der Waals surface area contributed by atoms with Crippen molar-refractivity contribution in [1.29, 1.82) is 0 Å². The summed E-state index contributed by atoms with van der Waals surface area (Å²) in [6, 6.07) is 3.58. The molecule has 1 aromatic rings. The molecule has 60 valence electrons. The molecule has 0 unspecified atom stereocenters. The van der Waals surface area contributed by atoms with Crippen molar-refractivity contribution in [2.45, 2.75) is 6.61 Å². The van der Waals surface area contributed by atoms with Crippen molar-refractivity contribution in [3.05, 3.63) is 30.8 Å². The molecule has 0 bridgehead atoms. The predicted molar refractivity (Wildman–Crippen MR) is 57.8 cm³/mol. The number of hydrogen-bond acceptors (Lipinski definition) is 1. The number of halogens is 3. The Morgan fingerprint density at radius 3 is 2.73 bits per heavy atom. The van der Waals surface area contributed by atoms with Gasteiger partial charge in [-0.15, -0.1) is 0 Å². The molecule has 0 heterocycles. The highest BCUT2D eigenvalue weighted by Gasteiger charge is 2.03. The first-order chi connectivity index (χ1) is 5.15. The number of benzene rings is 1. The van der Waals surface area contributed by atoms with Gasteiger partial charge in [-0.2, -0.15) is 0 Å². The Balaban J connectivity index is 3.24. The average Bonchev–Trinajstić information content (AvgIpc) is 1.96. The Kier molecular flexibility index (Phi) is 3.61. The maximum absolute atomic E-state index is 8.88. The number of rotatable bonds is 1. The summed E-state index contributed by atoms with van der Waals surface area (Å²) in [5.74, 6) is 0. The normalized spacial score (nSPS) is 10.2. The first-order valence-electron chi connectivity index (χ1n) is 2.89. The molecule has 11 heavy (non-hydrogen) atoms. The van der Waals surface area contributed by atoms with Crippen LogP contribution in [0.4, 0.5) is 0 Å². The minimum absolute atomic E-state index is 0.0111. The van der Waals surface area contributed by atoms with E-state index in [0.29, 0.717) is 5.02 Å². The number of aliphatic hydroxyl groups excluding tert-OH is 1. The van der Waals surface area contributed by atoms with Crippen LogP contribution in [0.2, 0.25) is 5.02 Å². The second kappa shape index (κ2) is 4.07. The first-order valence-corrected chi connectivity index (χ1v) is 5.14. The molecule has 0 aliphatic carbocycles. The van der Waals surface area contributed by atoms with E-state index in [1.165, 1.54) is 0 Å². The smallest absolute Gasteiger partial charge is 0.0693 e. The second-order valence-corrected chi connectivity index (χ2v) is 4.41. The van der Waals surface area contributed by atoms with Crippen LogP contribution in [0, 0.1) is 3.57 Å². The zero-order valence-electron chi connectivity index (χ0n) is 5.44. The summed E-state index contributed by atoms with van der Waals surface area (Å²) < 4.78 is 1.93. The van der Waals surface area contributed by atoms with Crippen molar-refractivity contribution < 1.29 is 5.11 Å². The van der Waals surface area contributed by atoms with E-state index in [4.69, 9.17) is 16.7 Å². The van der Waals surface area contributed by atoms with E-state index in [2.05, 4.69) is 38.5 Å². The molecule has 0 saturated carbocycles. The Morgan fingerprint density at radius 2 is 2.18 bits per heavy atom. The second-order valence-electron chi connectivity index (χ2n) is 2.02. The minimum atomic E-state index is 0.0111. The molecule has 1 N–H and O–H groups in total. The number of aliphatic hydroxyl groups is 1. The van der Waals surface area contributed by atoms with Gasteiger partial charge in [-0.3, -0.25) is 0 Å². The fraction of sp³-hybridized carbons (Fsp3) is 0.143. The Bertz CT molecular complexity index is 277. The Hall–Kier alpha value is 0.680. The van der Waals surface area contributed by atoms with Gasteiger partial charge in [0.1, 0.15) is 0 Å². The van der Waals surface area contributed by atoms with Gasteiger partial charge >= 0.3 is 0 Å². The van der Waals surface area contributed by atoms with E-state index in [0.717, 1.165) is 13.6 Å². The van der Waals surface area contributed by atoms with Gasteiger partial charge in [0.2, 0.25) is 0 Å². The van der Waals surface area contributed by atoms with E-state index in [1.807, 2.05) is 6.07 Å². The van der Waals surface area contributed by atoms with Gasteiger partial charge in [-0.25, -0.2) is 0 Å². The Morgan fingerprint density at radius 1 is 1.55 bits per heavy atom. The molecule has 0 spiro atoms. The van der Waals surface area contributed by atoms with E-state index < -0.39 is 0 Å². The van der Waals surface area contributed by atoms with Crippen molar-refractivity contribution >= 4 is 50.1 Å². The Labute approximate surface area is 92.0 Å². The molecule has 0 radical (unpaired) electrons. The van der Waals surface area contributed by atoms with Crippen molar-refractivity contribution in [3.8, 4) is 0 Å². The zero-order chi connectivity index (χ0) is 8.43. The van der Waals surface area contributed by atoms with Gasteiger partial charge in [0.15, 0.2) is 0 Å². The monoisotopic (exact) mass is 346 g/mol. The largest absolute Gasteiger partial charge is 0.392 e. The predicted octanol–water partition coefficient (Wildman–Crippen LogP) is 3.20. The molecule has 0 fully saturated rings. The standard InChI is InChI=1S/C7H5BrClIO/c8-7-4(3-11)1-5(9)2-6(7)10/h1-2,11H,3H2. The van der Waals surface area contributed by atoms with Crippen LogP contribution in [0.1, 0.15) is 5.56 Å². The molecule has 1 aromatic carbocycles. The van der Waals surface area contributed by atoms with Gasteiger partial charge in [0.25, 0.3) is 0 Å². The molecule has 0 aliphatic rings. The van der Waals surface area contributed by atoms with Crippen LogP contribution in [-0.4, -0.2) is 5.11 Å². The van der Waals surface area contributed by atoms with E-state index in [9.17, 15) is 0 Å². The molecule has 0 aliphatic heterocycles. The number of hydrogen-bond donors (Lipinski definition) is 1. The van der Waals surface area contributed by atoms with Crippen LogP contribution >= 0.6 is 50.1 Å². The summed E-state index contributed by atoms with van der Waals surface area (Å²) in [7, 11) is 0. The molecular weight excluding hydrogens is 342 g/mol. The highest BCUT2D eigenvalue weighted by atomic mass is 127. The van der Waals surface area contributed by atoms with Crippen LogP contribution in [0.15, 0.2) is 16.6 Å². The SMILES string of the molecule is OCc1cc(Cl)cc(I)c1Br. The highest BCUT2D eigenvalue weighted by Crippen LogP contribution is 2.27. The molecule has 1 nitrogen and oxygen atoms in total. The van der Waals surface area contributed by atoms with Crippen molar-refractivity contribution in [2.24, 2.45) is 0 Å². The molecule has 0 saturated heterocycles. The van der Waals surface area contributed by atoms with E-state index in [-0.39, 0.29) is 6.61 Å². The lowest BCUT2D eigenvalue weighted by Crippen LogP contribution is -1.87. The van der Waals surface area contributed by atoms with Gasteiger partial charge < -0.3 is 5.11 Å². The van der Waals surface area contributed by atoms with Gasteiger partial charge in [0.05, 0.1) is 6.61 Å².